The molecule has 5 nitrogen and oxygen atoms in total. The first kappa shape index (κ1) is 30.0. The maximum Gasteiger partial charge on any atom is 0.312 e. The molecule has 44 heavy (non-hydrogen) atoms. The summed E-state index contributed by atoms with van der Waals surface area (Å²) in [6, 6.07) is 10.6. The number of nitrogen functional groups attached to an aromatic ring is 1. The van der Waals surface area contributed by atoms with E-state index in [0.29, 0.717) is 17.8 Å². The lowest BCUT2D eigenvalue weighted by Crippen LogP contribution is -2.65. The number of esters is 1. The van der Waals surface area contributed by atoms with Crippen molar-refractivity contribution in [2.24, 2.45) is 44.8 Å². The lowest BCUT2D eigenvalue weighted by atomic mass is 9.33. The Hall–Kier alpha value is -2.69. The Morgan fingerprint density at radius 3 is 2.32 bits per heavy atom. The highest BCUT2D eigenvalue weighted by atomic mass is 16.5. The number of allylic oxidation sites excluding steroid dienone is 2. The molecule has 1 heterocycles. The van der Waals surface area contributed by atoms with E-state index in [-0.39, 0.29) is 44.4 Å². The van der Waals surface area contributed by atoms with Crippen molar-refractivity contribution in [3.8, 4) is 11.3 Å². The number of rotatable bonds is 2. The molecule has 5 aliphatic rings. The van der Waals surface area contributed by atoms with E-state index in [2.05, 4.69) is 84.9 Å². The summed E-state index contributed by atoms with van der Waals surface area (Å²) in [5, 5.41) is 0. The van der Waals surface area contributed by atoms with E-state index in [1.165, 1.54) is 18.4 Å². The monoisotopic (exact) mass is 595 g/mol. The smallest absolute Gasteiger partial charge is 0.312 e. The van der Waals surface area contributed by atoms with Crippen LogP contribution in [0, 0.1) is 44.8 Å². The fourth-order valence-electron chi connectivity index (χ4n) is 12.2. The normalized spacial score (nSPS) is 39.8. The van der Waals surface area contributed by atoms with Gasteiger partial charge >= 0.3 is 5.97 Å². The van der Waals surface area contributed by atoms with Crippen molar-refractivity contribution in [1.29, 1.82) is 0 Å². The first-order chi connectivity index (χ1) is 20.6. The Labute approximate surface area is 264 Å². The van der Waals surface area contributed by atoms with Gasteiger partial charge in [0.25, 0.3) is 0 Å². The summed E-state index contributed by atoms with van der Waals surface area (Å²) in [6.45, 7) is 17.5. The molecule has 0 bridgehead atoms. The van der Waals surface area contributed by atoms with Gasteiger partial charge < -0.3 is 10.5 Å². The van der Waals surface area contributed by atoms with Crippen LogP contribution in [0.3, 0.4) is 0 Å². The molecule has 0 radical (unpaired) electrons. The minimum absolute atomic E-state index is 0.0299. The van der Waals surface area contributed by atoms with Gasteiger partial charge in [-0.15, -0.1) is 0 Å². The molecule has 0 spiro atoms. The van der Waals surface area contributed by atoms with E-state index < -0.39 is 0 Å². The van der Waals surface area contributed by atoms with Crippen LogP contribution in [0.4, 0.5) is 5.95 Å². The summed E-state index contributed by atoms with van der Waals surface area (Å²) >= 11 is 0. The third kappa shape index (κ3) is 3.79. The lowest BCUT2D eigenvalue weighted by Gasteiger charge is -2.70. The minimum Gasteiger partial charge on any atom is -0.469 e. The van der Waals surface area contributed by atoms with Gasteiger partial charge in [0.15, 0.2) is 0 Å². The van der Waals surface area contributed by atoms with Crippen LogP contribution in [0.15, 0.2) is 42.0 Å². The van der Waals surface area contributed by atoms with Gasteiger partial charge in [0.1, 0.15) is 0 Å². The average molecular weight is 596 g/mol. The van der Waals surface area contributed by atoms with Gasteiger partial charge in [-0.25, -0.2) is 9.97 Å². The first-order valence-electron chi connectivity index (χ1n) is 17.1. The highest BCUT2D eigenvalue weighted by Gasteiger charge is 2.69. The fourth-order valence-corrected chi connectivity index (χ4v) is 12.2. The van der Waals surface area contributed by atoms with E-state index >= 15 is 0 Å². The summed E-state index contributed by atoms with van der Waals surface area (Å²) in [5.41, 5.74) is 12.6. The molecule has 0 aliphatic heterocycles. The predicted octanol–water partition coefficient (Wildman–Crippen LogP) is 8.71. The minimum atomic E-state index is -0.368. The molecule has 3 saturated carbocycles. The Kier molecular flexibility index (Phi) is 6.42. The van der Waals surface area contributed by atoms with Crippen molar-refractivity contribution >= 4 is 11.9 Å². The van der Waals surface area contributed by atoms with Gasteiger partial charge in [0, 0.05) is 16.5 Å². The number of fused-ring (bicyclic) bond motifs is 8. The molecule has 5 aliphatic carbocycles. The zero-order chi connectivity index (χ0) is 31.5. The molecular formula is C39H53N3O2. The Balaban J connectivity index is 1.36. The highest BCUT2D eigenvalue weighted by molar-refractivity contribution is 5.78. The zero-order valence-electron chi connectivity index (χ0n) is 28.3. The van der Waals surface area contributed by atoms with Gasteiger partial charge in [0.05, 0.1) is 23.9 Å². The van der Waals surface area contributed by atoms with Crippen molar-refractivity contribution in [2.45, 2.75) is 112 Å². The Morgan fingerprint density at radius 2 is 1.61 bits per heavy atom. The maximum absolute atomic E-state index is 13.6. The molecule has 1 aromatic heterocycles. The number of nitrogens with two attached hydrogens (primary N) is 1. The number of aromatic nitrogens is 2. The zero-order valence-corrected chi connectivity index (χ0v) is 28.3. The lowest BCUT2D eigenvalue weighted by molar-refractivity contribution is -0.179. The van der Waals surface area contributed by atoms with Crippen molar-refractivity contribution in [1.82, 2.24) is 9.97 Å². The van der Waals surface area contributed by atoms with Crippen molar-refractivity contribution in [3.05, 3.63) is 53.2 Å². The predicted molar refractivity (Wildman–Crippen MR) is 177 cm³/mol. The van der Waals surface area contributed by atoms with Gasteiger partial charge in [-0.1, -0.05) is 90.4 Å². The Morgan fingerprint density at radius 1 is 0.909 bits per heavy atom. The number of nitrogens with zero attached hydrogens (tertiary/aromatic N) is 2. The van der Waals surface area contributed by atoms with E-state index in [1.54, 1.807) is 12.7 Å². The van der Waals surface area contributed by atoms with E-state index in [4.69, 9.17) is 20.4 Å². The molecule has 2 aromatic rings. The van der Waals surface area contributed by atoms with Crippen molar-refractivity contribution in [3.63, 3.8) is 0 Å². The third-order valence-corrected chi connectivity index (χ3v) is 14.6. The van der Waals surface area contributed by atoms with Gasteiger partial charge in [-0.3, -0.25) is 4.79 Å². The molecular weight excluding hydrogens is 542 g/mol. The number of benzene rings is 1. The molecule has 236 valence electrons. The summed E-state index contributed by atoms with van der Waals surface area (Å²) in [7, 11) is 1.60. The Bertz CT molecular complexity index is 1540. The van der Waals surface area contributed by atoms with Gasteiger partial charge in [-0.2, -0.15) is 0 Å². The second-order valence-electron chi connectivity index (χ2n) is 17.4. The first-order valence-corrected chi connectivity index (χ1v) is 17.1. The third-order valence-electron chi connectivity index (χ3n) is 14.6. The second-order valence-corrected chi connectivity index (χ2v) is 17.4. The molecule has 7 rings (SSSR count). The number of anilines is 1. The molecule has 0 saturated heterocycles. The number of hydrogen-bond acceptors (Lipinski definition) is 5. The number of carbonyl (C=O) groups excluding carboxylic acids is 1. The maximum atomic E-state index is 13.6. The second kappa shape index (κ2) is 9.42. The molecule has 2 N–H and O–H groups in total. The largest absolute Gasteiger partial charge is 0.469 e. The van der Waals surface area contributed by atoms with Crippen LogP contribution in [-0.2, 0) is 21.4 Å². The average Bonchev–Trinajstić information content (AvgIpc) is 2.97. The van der Waals surface area contributed by atoms with Crippen LogP contribution in [-0.4, -0.2) is 23.0 Å². The molecule has 0 unspecified atom stereocenters. The van der Waals surface area contributed by atoms with Crippen LogP contribution < -0.4 is 5.73 Å². The van der Waals surface area contributed by atoms with Crippen molar-refractivity contribution in [2.75, 3.05) is 12.8 Å². The summed E-state index contributed by atoms with van der Waals surface area (Å²) in [6.07, 6.45) is 12.2. The number of ether oxygens (including phenoxy) is 1. The molecule has 0 amide bonds. The molecule has 5 heteroatoms. The number of carbonyl (C=O) groups is 1. The summed E-state index contributed by atoms with van der Waals surface area (Å²) in [4.78, 5) is 23.5. The van der Waals surface area contributed by atoms with Crippen molar-refractivity contribution < 1.29 is 9.53 Å². The van der Waals surface area contributed by atoms with E-state index in [0.717, 1.165) is 61.9 Å². The molecule has 1 aromatic carbocycles. The standard InChI is InChI=1S/C39H53N3O2/c1-34(2)18-20-39(32(43)44-8)21-19-37(6)26(27(39)23-34)14-15-29-36(5)22-25-30(24-12-10-9-11-13-24)41-33(40)42-31(25)35(3,4)28(36)16-17-38(29,37)7/h9-14,27-29H,15-23H2,1-8H3,(H2,40,41,42)/t27-,28-,29+,36-,37+,38+,39-/m0/s1. The SMILES string of the molecule is COC(=O)[C@]12CCC(C)(C)C[C@H]1C1=CC[C@@H]3[C@@]4(C)Cc5c(-c6ccccc6)nc(N)nc5C(C)(C)[C@@H]4CC[C@@]3(C)[C@]1(C)CC2. The summed E-state index contributed by atoms with van der Waals surface area (Å²) < 4.78 is 5.57. The van der Waals surface area contributed by atoms with Crippen LogP contribution in [0.5, 0.6) is 0 Å². The van der Waals surface area contributed by atoms with Gasteiger partial charge in [-0.05, 0) is 97.2 Å². The van der Waals surface area contributed by atoms with Gasteiger partial charge in [0.2, 0.25) is 5.95 Å². The van der Waals surface area contributed by atoms with Crippen LogP contribution in [0.2, 0.25) is 0 Å². The fraction of sp³-hybridized carbons (Fsp3) is 0.667. The van der Waals surface area contributed by atoms with Crippen LogP contribution >= 0.6 is 0 Å². The van der Waals surface area contributed by atoms with Crippen LogP contribution in [0.25, 0.3) is 11.3 Å². The van der Waals surface area contributed by atoms with E-state index in [1.807, 2.05) is 0 Å². The number of methoxy groups -OCH3 is 1. The quantitative estimate of drug-likeness (QED) is 0.277. The van der Waals surface area contributed by atoms with E-state index in [9.17, 15) is 4.79 Å². The topological polar surface area (TPSA) is 78.1 Å². The van der Waals surface area contributed by atoms with Crippen LogP contribution in [0.1, 0.15) is 111 Å². The molecule has 7 atom stereocenters. The molecule has 3 fully saturated rings. The summed E-state index contributed by atoms with van der Waals surface area (Å²) in [5.74, 6) is 1.71. The highest BCUT2D eigenvalue weighted by Crippen LogP contribution is 2.75. The number of hydrogen-bond donors (Lipinski definition) is 1.